The summed E-state index contributed by atoms with van der Waals surface area (Å²) in [5, 5.41) is 0.867. The Hall–Kier alpha value is -1.27. The summed E-state index contributed by atoms with van der Waals surface area (Å²) in [7, 11) is 0. The van der Waals surface area contributed by atoms with Crippen molar-refractivity contribution in [2.45, 2.75) is 50.9 Å². The van der Waals surface area contributed by atoms with E-state index in [-0.39, 0.29) is 5.41 Å². The van der Waals surface area contributed by atoms with Gasteiger partial charge in [0, 0.05) is 10.4 Å². The summed E-state index contributed by atoms with van der Waals surface area (Å²) in [5.41, 5.74) is 6.25. The molecule has 5 rings (SSSR count). The molecule has 2 fully saturated rings. The largest absolute Gasteiger partial charge is 0.0843 e. The van der Waals surface area contributed by atoms with Crippen molar-refractivity contribution < 1.29 is 0 Å². The molecule has 0 heterocycles. The van der Waals surface area contributed by atoms with Gasteiger partial charge in [-0.2, -0.15) is 0 Å². The van der Waals surface area contributed by atoms with Crippen LogP contribution in [0.3, 0.4) is 0 Å². The Morgan fingerprint density at radius 3 is 2.71 bits per heavy atom. The van der Waals surface area contributed by atoms with E-state index in [0.29, 0.717) is 0 Å². The van der Waals surface area contributed by atoms with Gasteiger partial charge < -0.3 is 0 Å². The van der Waals surface area contributed by atoms with Crippen molar-refractivity contribution in [3.8, 4) is 11.1 Å². The Morgan fingerprint density at radius 1 is 1.00 bits per heavy atom. The van der Waals surface area contributed by atoms with Gasteiger partial charge in [-0.15, -0.1) is 0 Å². The van der Waals surface area contributed by atoms with Crippen molar-refractivity contribution >= 4 is 11.6 Å². The van der Waals surface area contributed by atoms with E-state index >= 15 is 0 Å². The Kier molecular flexibility index (Phi) is 3.36. The molecular weight excluding hydrogens is 312 g/mol. The van der Waals surface area contributed by atoms with Crippen molar-refractivity contribution in [2.75, 3.05) is 0 Å². The van der Waals surface area contributed by atoms with Crippen LogP contribution in [-0.4, -0.2) is 0 Å². The van der Waals surface area contributed by atoms with E-state index in [2.05, 4.69) is 49.4 Å². The molecule has 3 aliphatic rings. The van der Waals surface area contributed by atoms with Crippen molar-refractivity contribution in [3.05, 3.63) is 58.6 Å². The van der Waals surface area contributed by atoms with Gasteiger partial charge in [-0.25, -0.2) is 0 Å². The number of rotatable bonds is 1. The first-order valence-corrected chi connectivity index (χ1v) is 10.0. The molecule has 2 bridgehead atoms. The first kappa shape index (κ1) is 15.0. The average molecular weight is 337 g/mol. The smallest absolute Gasteiger partial charge is 0.0412 e. The van der Waals surface area contributed by atoms with E-state index < -0.39 is 0 Å². The molecule has 0 nitrogen and oxygen atoms in total. The molecule has 4 unspecified atom stereocenters. The Bertz CT molecular complexity index is 788. The highest BCUT2D eigenvalue weighted by atomic mass is 35.5. The zero-order valence-corrected chi connectivity index (χ0v) is 15.2. The first-order chi connectivity index (χ1) is 11.7. The van der Waals surface area contributed by atoms with Crippen molar-refractivity contribution in [1.29, 1.82) is 0 Å². The first-order valence-electron chi connectivity index (χ1n) is 9.65. The fraction of sp³-hybridized carbons (Fsp3) is 0.478. The highest BCUT2D eigenvalue weighted by Crippen LogP contribution is 2.64. The molecule has 0 aromatic heterocycles. The predicted molar refractivity (Wildman–Crippen MR) is 102 cm³/mol. The van der Waals surface area contributed by atoms with E-state index in [1.54, 1.807) is 11.1 Å². The summed E-state index contributed by atoms with van der Waals surface area (Å²) in [6.07, 6.45) is 8.37. The Morgan fingerprint density at radius 2 is 1.83 bits per heavy atom. The van der Waals surface area contributed by atoms with Crippen molar-refractivity contribution in [3.63, 3.8) is 0 Å². The Balaban J connectivity index is 1.83. The molecule has 1 heteroatoms. The lowest BCUT2D eigenvalue weighted by Gasteiger charge is -2.54. The SMILES string of the molecule is CCC1CC2CCCC(C2)C12c1ccccc1-c1cc(Cl)ccc12. The monoisotopic (exact) mass is 336 g/mol. The zero-order chi connectivity index (χ0) is 16.3. The number of halogens is 1. The van der Waals surface area contributed by atoms with Gasteiger partial charge in [0.2, 0.25) is 0 Å². The van der Waals surface area contributed by atoms with Gasteiger partial charge in [0.05, 0.1) is 0 Å². The zero-order valence-electron chi connectivity index (χ0n) is 14.4. The summed E-state index contributed by atoms with van der Waals surface area (Å²) < 4.78 is 0. The molecule has 0 aliphatic heterocycles. The molecule has 1 spiro atoms. The number of benzene rings is 2. The lowest BCUT2D eigenvalue weighted by atomic mass is 9.50. The molecule has 0 amide bonds. The minimum Gasteiger partial charge on any atom is -0.0843 e. The maximum atomic E-state index is 6.39. The van der Waals surface area contributed by atoms with Crippen LogP contribution < -0.4 is 0 Å². The number of fused-ring (bicyclic) bond motifs is 8. The lowest BCUT2D eigenvalue weighted by Crippen LogP contribution is -2.48. The topological polar surface area (TPSA) is 0 Å². The van der Waals surface area contributed by atoms with Crippen LogP contribution in [0, 0.1) is 17.8 Å². The van der Waals surface area contributed by atoms with Gasteiger partial charge in [-0.05, 0) is 71.4 Å². The summed E-state index contributed by atoms with van der Waals surface area (Å²) in [5.74, 6) is 2.53. The van der Waals surface area contributed by atoms with Crippen LogP contribution in [0.4, 0.5) is 0 Å². The van der Waals surface area contributed by atoms with E-state index in [4.69, 9.17) is 11.6 Å². The predicted octanol–water partition coefficient (Wildman–Crippen LogP) is 6.84. The molecule has 2 aromatic rings. The van der Waals surface area contributed by atoms with Gasteiger partial charge in [0.1, 0.15) is 0 Å². The van der Waals surface area contributed by atoms with Gasteiger partial charge in [0.15, 0.2) is 0 Å². The van der Waals surface area contributed by atoms with E-state index in [1.165, 1.54) is 49.7 Å². The molecule has 3 aliphatic carbocycles. The normalized spacial score (nSPS) is 33.3. The molecule has 0 N–H and O–H groups in total. The third-order valence-electron chi connectivity index (χ3n) is 7.27. The maximum absolute atomic E-state index is 6.39. The maximum Gasteiger partial charge on any atom is 0.0412 e. The molecule has 4 atom stereocenters. The fourth-order valence-corrected chi connectivity index (χ4v) is 6.70. The molecule has 24 heavy (non-hydrogen) atoms. The van der Waals surface area contributed by atoms with Crippen LogP contribution in [0.25, 0.3) is 11.1 Å². The van der Waals surface area contributed by atoms with Gasteiger partial charge in [-0.3, -0.25) is 0 Å². The summed E-state index contributed by atoms with van der Waals surface area (Å²) in [4.78, 5) is 0. The van der Waals surface area contributed by atoms with Crippen LogP contribution in [0.2, 0.25) is 5.02 Å². The van der Waals surface area contributed by atoms with Crippen molar-refractivity contribution in [1.82, 2.24) is 0 Å². The quantitative estimate of drug-likeness (QED) is 0.534. The summed E-state index contributed by atoms with van der Waals surface area (Å²) in [6.45, 7) is 2.41. The van der Waals surface area contributed by atoms with Gasteiger partial charge in [0.25, 0.3) is 0 Å². The summed E-state index contributed by atoms with van der Waals surface area (Å²) >= 11 is 6.39. The minimum atomic E-state index is 0.238. The third-order valence-corrected chi connectivity index (χ3v) is 7.51. The van der Waals surface area contributed by atoms with E-state index in [1.807, 2.05) is 0 Å². The molecular formula is C23H25Cl. The van der Waals surface area contributed by atoms with Crippen LogP contribution in [-0.2, 0) is 5.41 Å². The van der Waals surface area contributed by atoms with Crippen LogP contribution in [0.1, 0.15) is 56.6 Å². The second-order valence-electron chi connectivity index (χ2n) is 8.17. The molecule has 0 saturated heterocycles. The minimum absolute atomic E-state index is 0.238. The fourth-order valence-electron chi connectivity index (χ4n) is 6.53. The van der Waals surface area contributed by atoms with Gasteiger partial charge in [-0.1, -0.05) is 68.1 Å². The molecule has 2 saturated carbocycles. The van der Waals surface area contributed by atoms with E-state index in [9.17, 15) is 0 Å². The molecule has 0 radical (unpaired) electrons. The Labute approximate surface area is 150 Å². The second-order valence-corrected chi connectivity index (χ2v) is 8.61. The number of hydrogen-bond donors (Lipinski definition) is 0. The van der Waals surface area contributed by atoms with Crippen molar-refractivity contribution in [2.24, 2.45) is 17.8 Å². The highest BCUT2D eigenvalue weighted by Gasteiger charge is 2.56. The molecule has 124 valence electrons. The van der Waals surface area contributed by atoms with Crippen LogP contribution in [0.15, 0.2) is 42.5 Å². The third kappa shape index (κ3) is 1.81. The standard InChI is InChI=1S/C23H25Cl/c1-2-16-12-15-6-5-7-17(13-15)23(16)21-9-4-3-8-19(21)20-14-18(24)10-11-22(20)23/h3-4,8-11,14-17H,2,5-7,12-13H2,1H3. The van der Waals surface area contributed by atoms with Crippen LogP contribution in [0.5, 0.6) is 0 Å². The summed E-state index contributed by atoms with van der Waals surface area (Å²) in [6, 6.07) is 15.9. The van der Waals surface area contributed by atoms with E-state index in [0.717, 1.165) is 22.8 Å². The average Bonchev–Trinajstić information content (AvgIpc) is 2.90. The van der Waals surface area contributed by atoms with Crippen LogP contribution >= 0.6 is 11.6 Å². The highest BCUT2D eigenvalue weighted by molar-refractivity contribution is 6.31. The lowest BCUT2D eigenvalue weighted by molar-refractivity contribution is 0.0557. The second kappa shape index (κ2) is 5.36. The molecule has 2 aromatic carbocycles. The number of hydrogen-bond acceptors (Lipinski definition) is 0. The van der Waals surface area contributed by atoms with Gasteiger partial charge >= 0.3 is 0 Å².